The summed E-state index contributed by atoms with van der Waals surface area (Å²) in [6.07, 6.45) is -42.7. The van der Waals surface area contributed by atoms with Crippen LogP contribution in [0.4, 0.5) is 65.9 Å². The lowest BCUT2D eigenvalue weighted by molar-refractivity contribution is -0.404. The number of rotatable bonds is 6. The van der Waals surface area contributed by atoms with Gasteiger partial charge in [0.15, 0.2) is 0 Å². The fourth-order valence-corrected chi connectivity index (χ4v) is 1.90. The number of halogens is 15. The molecule has 0 fully saturated rings. The van der Waals surface area contributed by atoms with E-state index in [-0.39, 0.29) is 0 Å². The van der Waals surface area contributed by atoms with Crippen molar-refractivity contribution in [3.8, 4) is 0 Å². The molecule has 0 aromatic rings. The quantitative estimate of drug-likeness (QED) is 0.389. The predicted molar refractivity (Wildman–Crippen MR) is 43.9 cm³/mol. The average Bonchev–Trinajstić information content (AvgIpc) is 2.19. The molecule has 0 aromatic carbocycles. The van der Waals surface area contributed by atoms with E-state index in [1.54, 1.807) is 13.6 Å². The minimum atomic E-state index is -8.28. The maximum Gasteiger partial charge on any atom is 0.489 e. The van der Waals surface area contributed by atoms with Crippen LogP contribution in [0.5, 0.6) is 0 Å². The van der Waals surface area contributed by atoms with Crippen LogP contribution in [0.2, 0.25) is 0 Å². The van der Waals surface area contributed by atoms with Gasteiger partial charge in [-0.1, -0.05) is 0 Å². The molecule has 158 valence electrons. The Morgan fingerprint density at radius 1 is 0.423 bits per heavy atom. The van der Waals surface area contributed by atoms with E-state index in [2.05, 4.69) is 0 Å². The van der Waals surface area contributed by atoms with Crippen LogP contribution in [-0.4, -0.2) is 36.9 Å². The van der Waals surface area contributed by atoms with E-state index in [0.717, 1.165) is 0 Å². The van der Waals surface area contributed by atoms with Crippen molar-refractivity contribution in [1.82, 2.24) is 0 Å². The first kappa shape index (κ1) is 25.1. The highest BCUT2D eigenvalue weighted by atomic mass is 31.2. The molecule has 0 aliphatic carbocycles. The number of phosphoric ester groups is 1. The second kappa shape index (κ2) is 6.59. The molecule has 0 unspecified atom stereocenters. The van der Waals surface area contributed by atoms with E-state index in [1.165, 1.54) is 0 Å². The van der Waals surface area contributed by atoms with E-state index >= 15 is 0 Å². The molecule has 26 heavy (non-hydrogen) atoms. The Labute approximate surface area is 130 Å². The molecule has 4 nitrogen and oxygen atoms in total. The summed E-state index contributed by atoms with van der Waals surface area (Å²) in [4.78, 5) is 0. The second-order valence-electron chi connectivity index (χ2n) is 3.76. The highest BCUT2D eigenvalue weighted by molar-refractivity contribution is 7.48. The van der Waals surface area contributed by atoms with Gasteiger partial charge in [0.2, 0.25) is 0 Å². The van der Waals surface area contributed by atoms with Crippen molar-refractivity contribution in [3.05, 3.63) is 0 Å². The lowest BCUT2D eigenvalue weighted by Crippen LogP contribution is -2.45. The molecule has 0 aromatic heterocycles. The van der Waals surface area contributed by atoms with Gasteiger partial charge in [0.05, 0.1) is 0 Å². The Kier molecular flexibility index (Phi) is 6.35. The number of hydrogen-bond donors (Lipinski definition) is 0. The third-order valence-corrected chi connectivity index (χ3v) is 3.03. The fourth-order valence-electron chi connectivity index (χ4n) is 0.632. The molecule has 0 atom stereocenters. The molecule has 0 radical (unpaired) electrons. The summed E-state index contributed by atoms with van der Waals surface area (Å²) in [6, 6.07) is 0. The maximum absolute atomic E-state index is 12.4. The third-order valence-electron chi connectivity index (χ3n) is 1.67. The minimum Gasteiger partial charge on any atom is -0.227 e. The summed E-state index contributed by atoms with van der Waals surface area (Å²) in [7, 11) is -8.28. The van der Waals surface area contributed by atoms with E-state index in [9.17, 15) is 70.4 Å². The van der Waals surface area contributed by atoms with Crippen molar-refractivity contribution < 1.29 is 84.0 Å². The summed E-state index contributed by atoms with van der Waals surface area (Å²) in [5.74, 6) is 0. The van der Waals surface area contributed by atoms with Gasteiger partial charge in [0, 0.05) is 0 Å². The first-order valence-electron chi connectivity index (χ1n) is 4.93. The molecular formula is C6F15O4P. The largest absolute Gasteiger partial charge is 0.489 e. The monoisotopic (exact) mass is 452 g/mol. The zero-order valence-electron chi connectivity index (χ0n) is 10.7. The van der Waals surface area contributed by atoms with Gasteiger partial charge in [-0.25, -0.2) is 18.1 Å². The standard InChI is InChI=1S/C6F15O4P/c7-1(8,9)4(16,17)23-26(22,24-5(18,19)2(10,11)12)25-6(20,21)3(13,14)15. The van der Waals surface area contributed by atoms with Crippen molar-refractivity contribution in [3.63, 3.8) is 0 Å². The molecule has 0 heterocycles. The summed E-state index contributed by atoms with van der Waals surface area (Å²) in [5.41, 5.74) is 0. The molecule has 0 amide bonds. The first-order chi connectivity index (χ1) is 10.9. The average molecular weight is 452 g/mol. The predicted octanol–water partition coefficient (Wildman–Crippen LogP) is 5.61. The van der Waals surface area contributed by atoms with Crippen molar-refractivity contribution in [2.75, 3.05) is 0 Å². The van der Waals surface area contributed by atoms with E-state index in [0.29, 0.717) is 0 Å². The van der Waals surface area contributed by atoms with Crippen molar-refractivity contribution in [2.24, 2.45) is 0 Å². The van der Waals surface area contributed by atoms with Crippen LogP contribution in [0.25, 0.3) is 0 Å². The van der Waals surface area contributed by atoms with Crippen LogP contribution >= 0.6 is 7.82 Å². The Hall–Kier alpha value is -0.940. The topological polar surface area (TPSA) is 44.8 Å². The van der Waals surface area contributed by atoms with Gasteiger partial charge in [-0.05, 0) is 0 Å². The lowest BCUT2D eigenvalue weighted by atomic mass is 10.6. The summed E-state index contributed by atoms with van der Waals surface area (Å²) >= 11 is 0. The van der Waals surface area contributed by atoms with Gasteiger partial charge in [-0.2, -0.15) is 65.9 Å². The normalized spacial score (nSPS) is 16.1. The zero-order chi connectivity index (χ0) is 21.6. The second-order valence-corrected chi connectivity index (χ2v) is 5.21. The van der Waals surface area contributed by atoms with Crippen molar-refractivity contribution >= 4 is 7.82 Å². The summed E-state index contributed by atoms with van der Waals surface area (Å²) in [6.45, 7) is 0. The van der Waals surface area contributed by atoms with Crippen LogP contribution in [0.3, 0.4) is 0 Å². The van der Waals surface area contributed by atoms with Gasteiger partial charge < -0.3 is 0 Å². The summed E-state index contributed by atoms with van der Waals surface area (Å²) in [5, 5.41) is 0. The molecular weight excluding hydrogens is 452 g/mol. The fraction of sp³-hybridized carbons (Fsp3) is 1.00. The van der Waals surface area contributed by atoms with Gasteiger partial charge in [-0.3, -0.25) is 0 Å². The van der Waals surface area contributed by atoms with E-state index < -0.39 is 44.7 Å². The molecule has 0 N–H and O–H groups in total. The SMILES string of the molecule is O=P(OC(F)(F)C(F)(F)F)(OC(F)(F)C(F)(F)F)OC(F)(F)C(F)(F)F. The molecule has 0 aliphatic rings. The Morgan fingerprint density at radius 3 is 0.692 bits per heavy atom. The summed E-state index contributed by atoms with van der Waals surface area (Å²) < 4.78 is 197. The minimum absolute atomic E-state index is 1.74. The highest BCUT2D eigenvalue weighted by Crippen LogP contribution is 2.64. The van der Waals surface area contributed by atoms with Crippen molar-refractivity contribution in [2.45, 2.75) is 36.9 Å². The molecule has 0 saturated heterocycles. The maximum atomic E-state index is 12.4. The Bertz CT molecular complexity index is 468. The van der Waals surface area contributed by atoms with Crippen LogP contribution < -0.4 is 0 Å². The molecule has 0 bridgehead atoms. The Balaban J connectivity index is 6.10. The zero-order valence-corrected chi connectivity index (χ0v) is 11.6. The molecule has 0 spiro atoms. The Morgan fingerprint density at radius 2 is 0.577 bits per heavy atom. The third kappa shape index (κ3) is 5.78. The van der Waals surface area contributed by atoms with Crippen LogP contribution in [0.15, 0.2) is 0 Å². The van der Waals surface area contributed by atoms with Gasteiger partial charge in [0.1, 0.15) is 0 Å². The van der Waals surface area contributed by atoms with Crippen molar-refractivity contribution in [1.29, 1.82) is 0 Å². The van der Waals surface area contributed by atoms with Crippen LogP contribution in [-0.2, 0) is 18.1 Å². The smallest absolute Gasteiger partial charge is 0.227 e. The highest BCUT2D eigenvalue weighted by Gasteiger charge is 2.72. The van der Waals surface area contributed by atoms with E-state index in [1.807, 2.05) is 0 Å². The number of alkyl halides is 15. The molecule has 20 heteroatoms. The van der Waals surface area contributed by atoms with Gasteiger partial charge >= 0.3 is 44.7 Å². The van der Waals surface area contributed by atoms with Gasteiger partial charge in [-0.15, -0.1) is 0 Å². The first-order valence-corrected chi connectivity index (χ1v) is 6.39. The van der Waals surface area contributed by atoms with Crippen LogP contribution in [0, 0.1) is 0 Å². The van der Waals surface area contributed by atoms with E-state index in [4.69, 9.17) is 0 Å². The lowest BCUT2D eigenvalue weighted by Gasteiger charge is -2.30. The number of hydrogen-bond acceptors (Lipinski definition) is 4. The molecule has 0 saturated carbocycles. The molecule has 0 aliphatic heterocycles. The van der Waals surface area contributed by atoms with Gasteiger partial charge in [0.25, 0.3) is 0 Å². The number of phosphoric acid groups is 1. The van der Waals surface area contributed by atoms with Crippen LogP contribution in [0.1, 0.15) is 0 Å². The molecule has 0 rings (SSSR count).